The number of aliphatic hydroxyl groups excluding tert-OH is 1. The van der Waals surface area contributed by atoms with Crippen LogP contribution in [0.5, 0.6) is 0 Å². The second-order valence-electron chi connectivity index (χ2n) is 8.19. The number of aliphatic hydroxyl groups is 1. The van der Waals surface area contributed by atoms with Gasteiger partial charge in [0.2, 0.25) is 0 Å². The van der Waals surface area contributed by atoms with Gasteiger partial charge in [-0.25, -0.2) is 0 Å². The van der Waals surface area contributed by atoms with E-state index in [4.69, 9.17) is 0 Å². The van der Waals surface area contributed by atoms with E-state index in [0.29, 0.717) is 19.3 Å². The number of hydrogen-bond donors (Lipinski definition) is 2. The van der Waals surface area contributed by atoms with Crippen LogP contribution in [-0.2, 0) is 10.1 Å². The van der Waals surface area contributed by atoms with Gasteiger partial charge in [0, 0.05) is 0 Å². The maximum atomic E-state index is 11.5. The molecule has 5 heteroatoms. The van der Waals surface area contributed by atoms with E-state index >= 15 is 0 Å². The van der Waals surface area contributed by atoms with E-state index in [2.05, 4.69) is 13.8 Å². The molecule has 0 saturated heterocycles. The van der Waals surface area contributed by atoms with E-state index in [1.54, 1.807) is 0 Å². The van der Waals surface area contributed by atoms with Gasteiger partial charge in [0.1, 0.15) is 0 Å². The topological polar surface area (TPSA) is 74.6 Å². The van der Waals surface area contributed by atoms with Crippen LogP contribution >= 0.6 is 0 Å². The highest BCUT2D eigenvalue weighted by molar-refractivity contribution is 7.86. The lowest BCUT2D eigenvalue weighted by Gasteiger charge is -2.16. The molecule has 0 aliphatic rings. The molecule has 4 nitrogen and oxygen atoms in total. The second-order valence-corrected chi connectivity index (χ2v) is 9.88. The normalized spacial score (nSPS) is 14.4. The van der Waals surface area contributed by atoms with Gasteiger partial charge in [0.25, 0.3) is 10.1 Å². The Morgan fingerprint density at radius 2 is 1.00 bits per heavy atom. The third-order valence-corrected chi connectivity index (χ3v) is 6.83. The molecule has 0 aliphatic heterocycles. The van der Waals surface area contributed by atoms with Crippen LogP contribution in [0.15, 0.2) is 0 Å². The predicted octanol–water partition coefficient (Wildman–Crippen LogP) is 6.67. The van der Waals surface area contributed by atoms with Crippen LogP contribution in [0.2, 0.25) is 0 Å². The summed E-state index contributed by atoms with van der Waals surface area (Å²) in [5, 5.41) is 9.39. The predicted molar refractivity (Wildman–Crippen MR) is 116 cm³/mol. The molecule has 0 aromatic carbocycles. The summed E-state index contributed by atoms with van der Waals surface area (Å²) in [6.45, 7) is 4.32. The Morgan fingerprint density at radius 1 is 0.593 bits per heavy atom. The van der Waals surface area contributed by atoms with Gasteiger partial charge in [-0.15, -0.1) is 0 Å². The summed E-state index contributed by atoms with van der Waals surface area (Å²) < 4.78 is 32.3. The molecule has 2 atom stereocenters. The molecule has 0 aromatic heterocycles. The van der Waals surface area contributed by atoms with Crippen LogP contribution in [-0.4, -0.2) is 29.4 Å². The van der Waals surface area contributed by atoms with Crippen molar-refractivity contribution in [2.24, 2.45) is 0 Å². The minimum absolute atomic E-state index is 0.363. The van der Waals surface area contributed by atoms with Crippen LogP contribution < -0.4 is 0 Å². The molecule has 0 amide bonds. The van der Waals surface area contributed by atoms with E-state index in [0.717, 1.165) is 38.5 Å². The third kappa shape index (κ3) is 17.7. The van der Waals surface area contributed by atoms with Crippen LogP contribution in [0, 0.1) is 0 Å². The first-order valence-electron chi connectivity index (χ1n) is 11.6. The molecule has 0 bridgehead atoms. The first kappa shape index (κ1) is 26.9. The Labute approximate surface area is 169 Å². The summed E-state index contributed by atoms with van der Waals surface area (Å²) in [5.74, 6) is 0. The van der Waals surface area contributed by atoms with E-state index in [1.165, 1.54) is 57.8 Å². The lowest BCUT2D eigenvalue weighted by molar-refractivity contribution is 0.147. The number of unbranched alkanes of at least 4 members (excludes halogenated alkanes) is 12. The van der Waals surface area contributed by atoms with Crippen molar-refractivity contribution in [1.82, 2.24) is 0 Å². The Kier molecular flexibility index (Phi) is 17.8. The van der Waals surface area contributed by atoms with Crippen molar-refractivity contribution >= 4 is 10.1 Å². The van der Waals surface area contributed by atoms with Gasteiger partial charge in [-0.1, -0.05) is 104 Å². The van der Waals surface area contributed by atoms with Gasteiger partial charge in [-0.3, -0.25) is 4.55 Å². The quantitative estimate of drug-likeness (QED) is 0.175. The van der Waals surface area contributed by atoms with Gasteiger partial charge < -0.3 is 5.11 Å². The van der Waals surface area contributed by atoms with Crippen molar-refractivity contribution in [3.8, 4) is 0 Å². The van der Waals surface area contributed by atoms with Gasteiger partial charge in [0.05, 0.1) is 11.4 Å². The molecule has 0 fully saturated rings. The minimum Gasteiger partial charge on any atom is -0.393 e. The molecular formula is C22H46O4S. The van der Waals surface area contributed by atoms with E-state index in [1.807, 2.05) is 0 Å². The highest BCUT2D eigenvalue weighted by Crippen LogP contribution is 2.19. The van der Waals surface area contributed by atoms with Gasteiger partial charge >= 0.3 is 0 Å². The molecule has 0 rings (SSSR count). The molecule has 27 heavy (non-hydrogen) atoms. The molecule has 0 spiro atoms. The Bertz CT molecular complexity index is 409. The van der Waals surface area contributed by atoms with Crippen molar-refractivity contribution in [1.29, 1.82) is 0 Å². The first-order chi connectivity index (χ1) is 12.9. The average Bonchev–Trinajstić information content (AvgIpc) is 2.61. The summed E-state index contributed by atoms with van der Waals surface area (Å²) >= 11 is 0. The molecule has 0 aliphatic carbocycles. The fraction of sp³-hybridized carbons (Fsp3) is 1.00. The standard InChI is InChI=1S/C22H46O4S/c1-3-5-7-8-9-10-11-12-13-14-16-17-21(23)19-20-22(27(24,25)26)18-15-6-4-2/h21-23H,3-20H2,1-2H3,(H,24,25,26). The minimum atomic E-state index is -4.00. The zero-order chi connectivity index (χ0) is 20.4. The van der Waals surface area contributed by atoms with Crippen molar-refractivity contribution in [3.63, 3.8) is 0 Å². The third-order valence-electron chi connectivity index (χ3n) is 5.51. The lowest BCUT2D eigenvalue weighted by atomic mass is 10.0. The van der Waals surface area contributed by atoms with Gasteiger partial charge in [-0.2, -0.15) is 8.42 Å². The SMILES string of the molecule is CCCCCCCCCCCCCC(O)CCC(CCCCC)S(=O)(=O)O. The zero-order valence-corrected chi connectivity index (χ0v) is 18.8. The lowest BCUT2D eigenvalue weighted by Crippen LogP contribution is -2.22. The molecule has 2 unspecified atom stereocenters. The van der Waals surface area contributed by atoms with Crippen LogP contribution in [0.1, 0.15) is 129 Å². The van der Waals surface area contributed by atoms with Crippen LogP contribution in [0.25, 0.3) is 0 Å². The average molecular weight is 407 g/mol. The second kappa shape index (κ2) is 17.9. The van der Waals surface area contributed by atoms with Crippen molar-refractivity contribution < 1.29 is 18.1 Å². The molecule has 0 saturated carbocycles. The van der Waals surface area contributed by atoms with E-state index < -0.39 is 21.5 Å². The Balaban J connectivity index is 3.65. The van der Waals surface area contributed by atoms with Crippen molar-refractivity contribution in [3.05, 3.63) is 0 Å². The maximum Gasteiger partial charge on any atom is 0.267 e. The molecule has 164 valence electrons. The van der Waals surface area contributed by atoms with Gasteiger partial charge in [0.15, 0.2) is 0 Å². The summed E-state index contributed by atoms with van der Waals surface area (Å²) in [4.78, 5) is 0. The summed E-state index contributed by atoms with van der Waals surface area (Å²) in [6.07, 6.45) is 18.6. The molecule has 0 heterocycles. The summed E-state index contributed by atoms with van der Waals surface area (Å²) in [7, 11) is -4.00. The largest absolute Gasteiger partial charge is 0.393 e. The maximum absolute atomic E-state index is 11.5. The monoisotopic (exact) mass is 406 g/mol. The zero-order valence-electron chi connectivity index (χ0n) is 18.0. The smallest absolute Gasteiger partial charge is 0.267 e. The first-order valence-corrected chi connectivity index (χ1v) is 13.1. The number of hydrogen-bond acceptors (Lipinski definition) is 3. The number of rotatable bonds is 20. The molecule has 0 radical (unpaired) electrons. The summed E-state index contributed by atoms with van der Waals surface area (Å²) in [5.41, 5.74) is 0. The van der Waals surface area contributed by atoms with Crippen molar-refractivity contribution in [2.45, 2.75) is 141 Å². The fourth-order valence-electron chi connectivity index (χ4n) is 3.63. The Hall–Kier alpha value is -0.130. The van der Waals surface area contributed by atoms with Gasteiger partial charge in [-0.05, 0) is 25.7 Å². The van der Waals surface area contributed by atoms with E-state index in [-0.39, 0.29) is 0 Å². The Morgan fingerprint density at radius 3 is 1.48 bits per heavy atom. The van der Waals surface area contributed by atoms with Crippen molar-refractivity contribution in [2.75, 3.05) is 0 Å². The van der Waals surface area contributed by atoms with Crippen LogP contribution in [0.4, 0.5) is 0 Å². The summed E-state index contributed by atoms with van der Waals surface area (Å²) in [6, 6.07) is 0. The van der Waals surface area contributed by atoms with Crippen LogP contribution in [0.3, 0.4) is 0 Å². The molecular weight excluding hydrogens is 360 g/mol. The highest BCUT2D eigenvalue weighted by atomic mass is 32.2. The highest BCUT2D eigenvalue weighted by Gasteiger charge is 2.23. The molecule has 0 aromatic rings. The molecule has 2 N–H and O–H groups in total. The van der Waals surface area contributed by atoms with E-state index in [9.17, 15) is 18.1 Å². The fourth-order valence-corrected chi connectivity index (χ4v) is 4.53.